The van der Waals surface area contributed by atoms with Crippen molar-refractivity contribution in [2.45, 2.75) is 32.1 Å². The molecule has 0 atom stereocenters. The van der Waals surface area contributed by atoms with Crippen molar-refractivity contribution < 1.29 is 19.1 Å². The molecule has 0 fully saturated rings. The van der Waals surface area contributed by atoms with Crippen LogP contribution in [0.1, 0.15) is 52.8 Å². The van der Waals surface area contributed by atoms with Gasteiger partial charge in [0, 0.05) is 0 Å². The summed E-state index contributed by atoms with van der Waals surface area (Å²) in [5.74, 6) is -0.936. The van der Waals surface area contributed by atoms with Crippen LogP contribution in [0.4, 0.5) is 0 Å². The van der Waals surface area contributed by atoms with Gasteiger partial charge in [0.05, 0.1) is 24.3 Å². The summed E-state index contributed by atoms with van der Waals surface area (Å²) in [5.41, 5.74) is 0.545. The number of carbonyl (C=O) groups excluding carboxylic acids is 2. The molecule has 1 heterocycles. The Morgan fingerprint density at radius 3 is 1.86 bits per heavy atom. The minimum Gasteiger partial charge on any atom is -0.462 e. The molecule has 0 spiro atoms. The minimum absolute atomic E-state index is 0.271. The Morgan fingerprint density at radius 1 is 0.714 bits per heavy atom. The highest BCUT2D eigenvalue weighted by atomic mass is 16.5. The molecule has 0 amide bonds. The molecule has 0 bridgehead atoms. The number of hydrogen-bond donors (Lipinski definition) is 0. The van der Waals surface area contributed by atoms with Gasteiger partial charge in [-0.05, 0) is 44.2 Å². The smallest absolute Gasteiger partial charge is 0.339 e. The molecular formula is C17H20O4. The fourth-order valence-electron chi connectivity index (χ4n) is 2.13. The Morgan fingerprint density at radius 2 is 1.24 bits per heavy atom. The van der Waals surface area contributed by atoms with Gasteiger partial charge in [0.1, 0.15) is 0 Å². The number of hydrogen-bond acceptors (Lipinski definition) is 4. The van der Waals surface area contributed by atoms with Crippen molar-refractivity contribution in [2.24, 2.45) is 0 Å². The summed E-state index contributed by atoms with van der Waals surface area (Å²) in [6, 6.07) is 6.62. The van der Waals surface area contributed by atoms with Crippen LogP contribution in [-0.2, 0) is 9.47 Å². The van der Waals surface area contributed by atoms with E-state index >= 15 is 0 Å². The first kappa shape index (κ1) is 15.3. The van der Waals surface area contributed by atoms with Gasteiger partial charge >= 0.3 is 11.9 Å². The number of fused-ring (bicyclic) bond motifs is 1. The summed E-state index contributed by atoms with van der Waals surface area (Å²) in [7, 11) is 0. The van der Waals surface area contributed by atoms with E-state index in [4.69, 9.17) is 9.47 Å². The highest BCUT2D eigenvalue weighted by molar-refractivity contribution is 6.03. The maximum Gasteiger partial charge on any atom is 0.339 e. The number of ether oxygens (including phenoxy) is 2. The monoisotopic (exact) mass is 288 g/mol. The standard InChI is InChI=1S/C17H20O4/c18-16-14-10-6-7-11-15(14)17(19)21-13-9-5-3-1-2-4-8-12-20-16/h1-2,6-7,10-11H,3-5,8-9,12-13H2/b2-1-. The molecule has 0 aromatic heterocycles. The van der Waals surface area contributed by atoms with Gasteiger partial charge in [-0.3, -0.25) is 0 Å². The van der Waals surface area contributed by atoms with Crippen LogP contribution in [0.3, 0.4) is 0 Å². The summed E-state index contributed by atoms with van der Waals surface area (Å²) < 4.78 is 10.4. The maximum absolute atomic E-state index is 12.0. The molecule has 21 heavy (non-hydrogen) atoms. The molecular weight excluding hydrogens is 268 g/mol. The molecule has 1 aliphatic heterocycles. The van der Waals surface area contributed by atoms with Gasteiger partial charge < -0.3 is 9.47 Å². The van der Waals surface area contributed by atoms with Crippen LogP contribution in [0.5, 0.6) is 0 Å². The second kappa shape index (κ2) is 8.25. The average molecular weight is 288 g/mol. The van der Waals surface area contributed by atoms with E-state index < -0.39 is 11.9 Å². The van der Waals surface area contributed by atoms with Gasteiger partial charge in [-0.15, -0.1) is 0 Å². The molecule has 1 aliphatic rings. The molecule has 1 aromatic carbocycles. The number of benzene rings is 1. The summed E-state index contributed by atoms with van der Waals surface area (Å²) in [5, 5.41) is 0. The molecule has 4 nitrogen and oxygen atoms in total. The lowest BCUT2D eigenvalue weighted by Crippen LogP contribution is -2.14. The topological polar surface area (TPSA) is 52.6 Å². The molecule has 0 unspecified atom stereocenters. The first-order chi connectivity index (χ1) is 10.3. The Kier molecular flexibility index (Phi) is 6.00. The first-order valence-electron chi connectivity index (χ1n) is 7.37. The second-order valence-electron chi connectivity index (χ2n) is 4.93. The summed E-state index contributed by atoms with van der Waals surface area (Å²) in [6.07, 6.45) is 8.70. The second-order valence-corrected chi connectivity index (χ2v) is 4.93. The van der Waals surface area contributed by atoms with Crippen LogP contribution in [0.25, 0.3) is 0 Å². The van der Waals surface area contributed by atoms with Crippen molar-refractivity contribution in [2.75, 3.05) is 13.2 Å². The van der Waals surface area contributed by atoms with Crippen molar-refractivity contribution in [3.63, 3.8) is 0 Å². The molecule has 2 rings (SSSR count). The van der Waals surface area contributed by atoms with Gasteiger partial charge in [0.15, 0.2) is 0 Å². The van der Waals surface area contributed by atoms with E-state index in [0.29, 0.717) is 13.2 Å². The van der Waals surface area contributed by atoms with Crippen LogP contribution in [-0.4, -0.2) is 25.2 Å². The summed E-state index contributed by atoms with van der Waals surface area (Å²) in [4.78, 5) is 24.1. The highest BCUT2D eigenvalue weighted by Crippen LogP contribution is 2.13. The number of carbonyl (C=O) groups is 2. The first-order valence-corrected chi connectivity index (χ1v) is 7.37. The normalized spacial score (nSPS) is 19.4. The van der Waals surface area contributed by atoms with Crippen molar-refractivity contribution in [1.29, 1.82) is 0 Å². The van der Waals surface area contributed by atoms with Crippen LogP contribution >= 0.6 is 0 Å². The average Bonchev–Trinajstić information content (AvgIpc) is 2.51. The lowest BCUT2D eigenvalue weighted by Gasteiger charge is -2.09. The van der Waals surface area contributed by atoms with Crippen LogP contribution < -0.4 is 0 Å². The van der Waals surface area contributed by atoms with Crippen LogP contribution in [0, 0.1) is 0 Å². The Bertz CT molecular complexity index is 519. The van der Waals surface area contributed by atoms with Crippen molar-refractivity contribution >= 4 is 11.9 Å². The zero-order valence-electron chi connectivity index (χ0n) is 12.0. The van der Waals surface area contributed by atoms with E-state index in [1.807, 2.05) is 0 Å². The van der Waals surface area contributed by atoms with Crippen LogP contribution in [0.2, 0.25) is 0 Å². The maximum atomic E-state index is 12.0. The van der Waals surface area contributed by atoms with Crippen LogP contribution in [0.15, 0.2) is 36.4 Å². The Hall–Kier alpha value is -2.10. The molecule has 0 aliphatic carbocycles. The molecule has 0 saturated heterocycles. The Labute approximate surface area is 124 Å². The van der Waals surface area contributed by atoms with Gasteiger partial charge in [0.2, 0.25) is 0 Å². The number of rotatable bonds is 0. The largest absolute Gasteiger partial charge is 0.462 e. The van der Waals surface area contributed by atoms with E-state index in [0.717, 1.165) is 32.1 Å². The van der Waals surface area contributed by atoms with Crippen molar-refractivity contribution in [3.8, 4) is 0 Å². The zero-order chi connectivity index (χ0) is 14.9. The quantitative estimate of drug-likeness (QED) is 0.541. The minimum atomic E-state index is -0.471. The van der Waals surface area contributed by atoms with Gasteiger partial charge in [0.25, 0.3) is 0 Å². The Balaban J connectivity index is 2.12. The predicted molar refractivity (Wildman–Crippen MR) is 79.2 cm³/mol. The van der Waals surface area contributed by atoms with E-state index in [1.54, 1.807) is 24.3 Å². The van der Waals surface area contributed by atoms with Gasteiger partial charge in [-0.2, -0.15) is 0 Å². The highest BCUT2D eigenvalue weighted by Gasteiger charge is 2.18. The number of allylic oxidation sites excluding steroid dienone is 2. The van der Waals surface area contributed by atoms with E-state index in [2.05, 4.69) is 12.2 Å². The number of esters is 2. The summed E-state index contributed by atoms with van der Waals surface area (Å²) in [6.45, 7) is 0.725. The van der Waals surface area contributed by atoms with E-state index in [1.165, 1.54) is 0 Å². The third kappa shape index (κ3) is 4.74. The van der Waals surface area contributed by atoms with Crippen molar-refractivity contribution in [1.82, 2.24) is 0 Å². The van der Waals surface area contributed by atoms with E-state index in [-0.39, 0.29) is 11.1 Å². The lowest BCUT2D eigenvalue weighted by atomic mass is 10.1. The molecule has 4 heteroatoms. The van der Waals surface area contributed by atoms with E-state index in [9.17, 15) is 9.59 Å². The fraction of sp³-hybridized carbons (Fsp3) is 0.412. The molecule has 1 aromatic rings. The third-order valence-corrected chi connectivity index (χ3v) is 3.28. The molecule has 0 radical (unpaired) electrons. The predicted octanol–water partition coefficient (Wildman–Crippen LogP) is 3.52. The lowest BCUT2D eigenvalue weighted by molar-refractivity contribution is 0.0453. The number of cyclic esters (lactones) is 2. The molecule has 0 N–H and O–H groups in total. The molecule has 112 valence electrons. The summed E-state index contributed by atoms with van der Waals surface area (Å²) >= 11 is 0. The van der Waals surface area contributed by atoms with Crippen molar-refractivity contribution in [3.05, 3.63) is 47.5 Å². The molecule has 0 saturated carbocycles. The van der Waals surface area contributed by atoms with Gasteiger partial charge in [-0.1, -0.05) is 24.3 Å². The zero-order valence-corrected chi connectivity index (χ0v) is 12.0. The van der Waals surface area contributed by atoms with Gasteiger partial charge in [-0.25, -0.2) is 9.59 Å². The fourth-order valence-corrected chi connectivity index (χ4v) is 2.13. The third-order valence-electron chi connectivity index (χ3n) is 3.28. The SMILES string of the molecule is O=C1OCCC/C=C\CCCCOC(=O)c2ccccc21.